The standard InChI is InChI=1S/C17H18N2O5S/c1-12(20)18-8-9-19(16(11-18)17(21)22)25(23,24)15-7-6-13-4-2-3-5-14(13)10-15/h2-7,10,16H,8-9,11H2,1H3,(H,21,22). The number of hydrogen-bond donors (Lipinski definition) is 1. The predicted molar refractivity (Wildman–Crippen MR) is 91.5 cm³/mol. The van der Waals surface area contributed by atoms with Gasteiger partial charge in [0.05, 0.1) is 4.90 Å². The lowest BCUT2D eigenvalue weighted by molar-refractivity contribution is -0.145. The monoisotopic (exact) mass is 362 g/mol. The van der Waals surface area contributed by atoms with E-state index in [1.54, 1.807) is 18.2 Å². The second-order valence-electron chi connectivity index (χ2n) is 5.94. The number of fused-ring (bicyclic) bond motifs is 1. The van der Waals surface area contributed by atoms with E-state index in [0.717, 1.165) is 15.1 Å². The first-order valence-corrected chi connectivity index (χ1v) is 9.23. The third kappa shape index (κ3) is 3.22. The summed E-state index contributed by atoms with van der Waals surface area (Å²) in [7, 11) is -3.98. The Balaban J connectivity index is 1.99. The highest BCUT2D eigenvalue weighted by Crippen LogP contribution is 2.25. The minimum Gasteiger partial charge on any atom is -0.480 e. The Morgan fingerprint density at radius 3 is 2.40 bits per heavy atom. The number of benzene rings is 2. The van der Waals surface area contributed by atoms with Crippen molar-refractivity contribution in [1.29, 1.82) is 0 Å². The maximum absolute atomic E-state index is 13.0. The molecule has 8 heteroatoms. The van der Waals surface area contributed by atoms with Gasteiger partial charge in [0.1, 0.15) is 6.04 Å². The first-order chi connectivity index (χ1) is 11.8. The molecule has 1 atom stereocenters. The van der Waals surface area contributed by atoms with Crippen LogP contribution in [-0.2, 0) is 19.6 Å². The van der Waals surface area contributed by atoms with Crippen LogP contribution in [0.5, 0.6) is 0 Å². The van der Waals surface area contributed by atoms with E-state index >= 15 is 0 Å². The highest BCUT2D eigenvalue weighted by molar-refractivity contribution is 7.89. The summed E-state index contributed by atoms with van der Waals surface area (Å²) in [5.41, 5.74) is 0. The number of carbonyl (C=O) groups is 2. The van der Waals surface area contributed by atoms with Crippen LogP contribution in [0.4, 0.5) is 0 Å². The van der Waals surface area contributed by atoms with Gasteiger partial charge < -0.3 is 10.0 Å². The van der Waals surface area contributed by atoms with Crippen molar-refractivity contribution in [2.45, 2.75) is 17.9 Å². The second kappa shape index (κ2) is 6.45. The van der Waals surface area contributed by atoms with Gasteiger partial charge >= 0.3 is 5.97 Å². The first-order valence-electron chi connectivity index (χ1n) is 7.79. The van der Waals surface area contributed by atoms with Crippen molar-refractivity contribution in [3.8, 4) is 0 Å². The zero-order valence-corrected chi connectivity index (χ0v) is 14.4. The zero-order chi connectivity index (χ0) is 18.2. The summed E-state index contributed by atoms with van der Waals surface area (Å²) in [4.78, 5) is 24.5. The molecule has 1 aliphatic rings. The number of sulfonamides is 1. The Bertz CT molecular complexity index is 941. The van der Waals surface area contributed by atoms with Crippen LogP contribution < -0.4 is 0 Å². The molecule has 1 unspecified atom stereocenters. The molecule has 1 saturated heterocycles. The Morgan fingerprint density at radius 1 is 1.08 bits per heavy atom. The van der Waals surface area contributed by atoms with E-state index in [1.807, 2.05) is 18.2 Å². The van der Waals surface area contributed by atoms with E-state index < -0.39 is 22.0 Å². The number of piperazine rings is 1. The van der Waals surface area contributed by atoms with E-state index in [2.05, 4.69) is 0 Å². The third-order valence-corrected chi connectivity index (χ3v) is 6.29. The molecule has 0 aliphatic carbocycles. The number of nitrogens with zero attached hydrogens (tertiary/aromatic N) is 2. The summed E-state index contributed by atoms with van der Waals surface area (Å²) in [6, 6.07) is 10.8. The molecule has 1 N–H and O–H groups in total. The summed E-state index contributed by atoms with van der Waals surface area (Å²) in [6.07, 6.45) is 0. The fourth-order valence-electron chi connectivity index (χ4n) is 3.00. The Labute approximate surface area is 145 Å². The van der Waals surface area contributed by atoms with Gasteiger partial charge in [-0.25, -0.2) is 8.42 Å². The summed E-state index contributed by atoms with van der Waals surface area (Å²) < 4.78 is 26.9. The average Bonchev–Trinajstić information content (AvgIpc) is 2.60. The molecule has 1 amide bonds. The fraction of sp³-hybridized carbons (Fsp3) is 0.294. The molecule has 0 spiro atoms. The number of carboxylic acid groups (broad SMARTS) is 1. The molecule has 0 saturated carbocycles. The van der Waals surface area contributed by atoms with Crippen molar-refractivity contribution >= 4 is 32.7 Å². The maximum Gasteiger partial charge on any atom is 0.323 e. The van der Waals surface area contributed by atoms with Gasteiger partial charge in [0.15, 0.2) is 0 Å². The maximum atomic E-state index is 13.0. The van der Waals surface area contributed by atoms with Crippen LogP contribution in [-0.4, -0.2) is 60.3 Å². The van der Waals surface area contributed by atoms with E-state index in [0.29, 0.717) is 0 Å². The highest BCUT2D eigenvalue weighted by Gasteiger charge is 2.40. The van der Waals surface area contributed by atoms with Crippen LogP contribution in [0, 0.1) is 0 Å². The van der Waals surface area contributed by atoms with Crippen molar-refractivity contribution in [3.05, 3.63) is 42.5 Å². The number of amides is 1. The molecule has 7 nitrogen and oxygen atoms in total. The van der Waals surface area contributed by atoms with Crippen molar-refractivity contribution in [3.63, 3.8) is 0 Å². The predicted octanol–water partition coefficient (Wildman–Crippen LogP) is 1.15. The molecule has 0 aromatic heterocycles. The summed E-state index contributed by atoms with van der Waals surface area (Å²) in [5, 5.41) is 11.1. The molecule has 2 aromatic carbocycles. The lowest BCUT2D eigenvalue weighted by atomic mass is 10.1. The van der Waals surface area contributed by atoms with Crippen LogP contribution >= 0.6 is 0 Å². The largest absolute Gasteiger partial charge is 0.480 e. The van der Waals surface area contributed by atoms with Gasteiger partial charge in [-0.1, -0.05) is 30.3 Å². The van der Waals surface area contributed by atoms with Crippen LogP contribution in [0.25, 0.3) is 10.8 Å². The Morgan fingerprint density at radius 2 is 1.76 bits per heavy atom. The van der Waals surface area contributed by atoms with Gasteiger partial charge in [-0.2, -0.15) is 4.31 Å². The normalized spacial score (nSPS) is 19.1. The number of hydrogen-bond acceptors (Lipinski definition) is 4. The van der Waals surface area contributed by atoms with Crippen LogP contribution in [0.3, 0.4) is 0 Å². The molecule has 1 fully saturated rings. The van der Waals surface area contributed by atoms with E-state index in [9.17, 15) is 23.1 Å². The van der Waals surface area contributed by atoms with Gasteiger partial charge in [0.2, 0.25) is 15.9 Å². The van der Waals surface area contributed by atoms with Gasteiger partial charge in [0.25, 0.3) is 0 Å². The van der Waals surface area contributed by atoms with Crippen LogP contribution in [0.2, 0.25) is 0 Å². The van der Waals surface area contributed by atoms with E-state index in [4.69, 9.17) is 0 Å². The second-order valence-corrected chi connectivity index (χ2v) is 7.83. The topological polar surface area (TPSA) is 95.0 Å². The molecule has 0 bridgehead atoms. The number of carbonyl (C=O) groups excluding carboxylic acids is 1. The Hall–Kier alpha value is -2.45. The SMILES string of the molecule is CC(=O)N1CCN(S(=O)(=O)c2ccc3ccccc3c2)C(C(=O)O)C1. The Kier molecular flexibility index (Phi) is 4.49. The summed E-state index contributed by atoms with van der Waals surface area (Å²) in [6.45, 7) is 1.31. The minimum absolute atomic E-state index is 0.0497. The molecular weight excluding hydrogens is 344 g/mol. The lowest BCUT2D eigenvalue weighted by Gasteiger charge is -2.38. The smallest absolute Gasteiger partial charge is 0.323 e. The summed E-state index contributed by atoms with van der Waals surface area (Å²) >= 11 is 0. The lowest BCUT2D eigenvalue weighted by Crippen LogP contribution is -2.58. The first kappa shape index (κ1) is 17.4. The van der Waals surface area contributed by atoms with Gasteiger partial charge in [0, 0.05) is 26.6 Å². The van der Waals surface area contributed by atoms with E-state index in [1.165, 1.54) is 17.9 Å². The molecule has 0 radical (unpaired) electrons. The average molecular weight is 362 g/mol. The summed E-state index contributed by atoms with van der Waals surface area (Å²) in [5.74, 6) is -1.54. The van der Waals surface area contributed by atoms with Gasteiger partial charge in [-0.05, 0) is 22.9 Å². The molecule has 1 heterocycles. The minimum atomic E-state index is -3.98. The number of rotatable bonds is 3. The van der Waals surface area contributed by atoms with Crippen LogP contribution in [0.15, 0.2) is 47.4 Å². The van der Waals surface area contributed by atoms with Crippen molar-refractivity contribution in [1.82, 2.24) is 9.21 Å². The quantitative estimate of drug-likeness (QED) is 0.884. The van der Waals surface area contributed by atoms with Crippen LogP contribution in [0.1, 0.15) is 6.92 Å². The van der Waals surface area contributed by atoms with Crippen molar-refractivity contribution in [2.24, 2.45) is 0 Å². The molecule has 3 rings (SSSR count). The molecule has 1 aliphatic heterocycles. The fourth-order valence-corrected chi connectivity index (χ4v) is 4.61. The van der Waals surface area contributed by atoms with Gasteiger partial charge in [-0.15, -0.1) is 0 Å². The number of aliphatic carboxylic acids is 1. The van der Waals surface area contributed by atoms with Crippen molar-refractivity contribution < 1.29 is 23.1 Å². The number of carboxylic acids is 1. The molecule has 132 valence electrons. The van der Waals surface area contributed by atoms with Crippen molar-refractivity contribution in [2.75, 3.05) is 19.6 Å². The third-order valence-electron chi connectivity index (χ3n) is 4.39. The zero-order valence-electron chi connectivity index (χ0n) is 13.6. The molecular formula is C17H18N2O5S. The highest BCUT2D eigenvalue weighted by atomic mass is 32.2. The van der Waals surface area contributed by atoms with Gasteiger partial charge in [-0.3, -0.25) is 9.59 Å². The molecule has 25 heavy (non-hydrogen) atoms. The molecule has 2 aromatic rings. The van der Waals surface area contributed by atoms with E-state index in [-0.39, 0.29) is 30.4 Å².